The Morgan fingerprint density at radius 2 is 2.17 bits per heavy atom. The smallest absolute Gasteiger partial charge is 0.148 e. The molecule has 2 atom stereocenters. The van der Waals surface area contributed by atoms with E-state index >= 15 is 0 Å². The van der Waals surface area contributed by atoms with E-state index in [0.717, 1.165) is 25.3 Å². The van der Waals surface area contributed by atoms with E-state index in [4.69, 9.17) is 0 Å². The van der Waals surface area contributed by atoms with Gasteiger partial charge in [-0.1, -0.05) is 26.2 Å². The van der Waals surface area contributed by atoms with Crippen LogP contribution >= 0.6 is 0 Å². The van der Waals surface area contributed by atoms with Crippen LogP contribution in [0.5, 0.6) is 0 Å². The molecule has 1 saturated carbocycles. The second-order valence-corrected chi connectivity index (χ2v) is 5.72. The van der Waals surface area contributed by atoms with Crippen LogP contribution in [0.1, 0.15) is 44.7 Å². The van der Waals surface area contributed by atoms with E-state index in [1.807, 2.05) is 4.68 Å². The molecule has 1 aromatic rings. The van der Waals surface area contributed by atoms with Crippen LogP contribution in [0.4, 0.5) is 11.5 Å². The quantitative estimate of drug-likeness (QED) is 0.845. The molecule has 18 heavy (non-hydrogen) atoms. The molecular formula is C14H24N4. The van der Waals surface area contributed by atoms with Crippen molar-refractivity contribution in [1.82, 2.24) is 9.78 Å². The van der Waals surface area contributed by atoms with Crippen molar-refractivity contribution in [2.24, 2.45) is 13.0 Å². The van der Waals surface area contributed by atoms with Gasteiger partial charge >= 0.3 is 0 Å². The summed E-state index contributed by atoms with van der Waals surface area (Å²) in [7, 11) is 2.05. The van der Waals surface area contributed by atoms with Crippen LogP contribution < -0.4 is 10.6 Å². The minimum Gasteiger partial charge on any atom is -0.380 e. The van der Waals surface area contributed by atoms with Crippen molar-refractivity contribution < 1.29 is 0 Å². The lowest BCUT2D eigenvalue weighted by molar-refractivity contribution is 0.340. The van der Waals surface area contributed by atoms with Gasteiger partial charge in [-0.2, -0.15) is 5.10 Å². The van der Waals surface area contributed by atoms with Crippen molar-refractivity contribution in [2.75, 3.05) is 17.2 Å². The van der Waals surface area contributed by atoms with Crippen LogP contribution in [-0.4, -0.2) is 22.4 Å². The monoisotopic (exact) mass is 248 g/mol. The summed E-state index contributed by atoms with van der Waals surface area (Å²) in [4.78, 5) is 0. The van der Waals surface area contributed by atoms with E-state index in [-0.39, 0.29) is 0 Å². The Hall–Kier alpha value is -1.19. The van der Waals surface area contributed by atoms with Gasteiger partial charge in [0.05, 0.1) is 5.69 Å². The molecule has 1 aliphatic carbocycles. The third-order valence-corrected chi connectivity index (χ3v) is 4.38. The molecule has 1 fully saturated rings. The number of nitrogens with one attached hydrogen (secondary N) is 2. The van der Waals surface area contributed by atoms with Gasteiger partial charge in [-0.3, -0.25) is 4.68 Å². The molecule has 4 heteroatoms. The molecule has 2 heterocycles. The lowest BCUT2D eigenvalue weighted by Gasteiger charge is -2.30. The summed E-state index contributed by atoms with van der Waals surface area (Å²) in [5.41, 5.74) is 2.48. The summed E-state index contributed by atoms with van der Waals surface area (Å²) >= 11 is 0. The molecular weight excluding hydrogens is 224 g/mol. The van der Waals surface area contributed by atoms with Crippen molar-refractivity contribution in [2.45, 2.75) is 51.5 Å². The number of aromatic nitrogens is 2. The van der Waals surface area contributed by atoms with Crippen molar-refractivity contribution in [3.05, 3.63) is 5.69 Å². The maximum Gasteiger partial charge on any atom is 0.148 e. The predicted molar refractivity (Wildman–Crippen MR) is 75.1 cm³/mol. The third-order valence-electron chi connectivity index (χ3n) is 4.38. The van der Waals surface area contributed by atoms with Gasteiger partial charge in [0.25, 0.3) is 0 Å². The van der Waals surface area contributed by atoms with Gasteiger partial charge in [0.1, 0.15) is 11.5 Å². The zero-order valence-electron chi connectivity index (χ0n) is 11.5. The number of hydrogen-bond acceptors (Lipinski definition) is 3. The Morgan fingerprint density at radius 1 is 1.33 bits per heavy atom. The first-order valence-corrected chi connectivity index (χ1v) is 7.36. The molecule has 100 valence electrons. The van der Waals surface area contributed by atoms with Gasteiger partial charge in [0.2, 0.25) is 0 Å². The second kappa shape index (κ2) is 4.82. The van der Waals surface area contributed by atoms with Gasteiger partial charge in [-0.25, -0.2) is 0 Å². The van der Waals surface area contributed by atoms with Crippen LogP contribution in [0, 0.1) is 5.92 Å². The van der Waals surface area contributed by atoms with Crippen molar-refractivity contribution >= 4 is 11.5 Å². The Labute approximate surface area is 109 Å². The Balaban J connectivity index is 1.89. The molecule has 0 spiro atoms. The van der Waals surface area contributed by atoms with Gasteiger partial charge in [0.15, 0.2) is 0 Å². The minimum absolute atomic E-state index is 0.636. The second-order valence-electron chi connectivity index (χ2n) is 5.72. The summed E-state index contributed by atoms with van der Waals surface area (Å²) in [6, 6.07) is 0.636. The van der Waals surface area contributed by atoms with Crippen molar-refractivity contribution in [1.29, 1.82) is 0 Å². The number of hydrogen-bond donors (Lipinski definition) is 2. The van der Waals surface area contributed by atoms with Crippen molar-refractivity contribution in [3.8, 4) is 0 Å². The van der Waals surface area contributed by atoms with Crippen LogP contribution in [0.25, 0.3) is 0 Å². The molecule has 2 unspecified atom stereocenters. The van der Waals surface area contributed by atoms with Gasteiger partial charge < -0.3 is 10.6 Å². The summed E-state index contributed by atoms with van der Waals surface area (Å²) in [5, 5.41) is 12.1. The topological polar surface area (TPSA) is 41.9 Å². The highest BCUT2D eigenvalue weighted by Gasteiger charge is 2.30. The largest absolute Gasteiger partial charge is 0.380 e. The average Bonchev–Trinajstić information content (AvgIpc) is 2.58. The first-order chi connectivity index (χ1) is 8.79. The number of anilines is 2. The fourth-order valence-corrected chi connectivity index (χ4v) is 3.39. The first-order valence-electron chi connectivity index (χ1n) is 7.36. The summed E-state index contributed by atoms with van der Waals surface area (Å²) in [6.45, 7) is 3.32. The van der Waals surface area contributed by atoms with E-state index in [1.165, 1.54) is 42.9 Å². The molecule has 1 aromatic heterocycles. The molecule has 0 aromatic carbocycles. The maximum atomic E-state index is 4.65. The molecule has 2 aliphatic rings. The number of aryl methyl sites for hydroxylation is 2. The number of rotatable bonds is 2. The molecule has 4 nitrogen and oxygen atoms in total. The van der Waals surface area contributed by atoms with E-state index in [2.05, 4.69) is 29.7 Å². The SMILES string of the molecule is CCCc1nn(C)c2c1NCC1CCCCC1N2. The van der Waals surface area contributed by atoms with Gasteiger partial charge in [0, 0.05) is 19.6 Å². The molecule has 0 bridgehead atoms. The zero-order chi connectivity index (χ0) is 12.5. The zero-order valence-corrected chi connectivity index (χ0v) is 11.5. The normalized spacial score (nSPS) is 26.6. The Kier molecular flexibility index (Phi) is 3.18. The number of fused-ring (bicyclic) bond motifs is 2. The maximum absolute atomic E-state index is 4.65. The molecule has 0 radical (unpaired) electrons. The highest BCUT2D eigenvalue weighted by Crippen LogP contribution is 2.35. The fraction of sp³-hybridized carbons (Fsp3) is 0.786. The Morgan fingerprint density at radius 3 is 3.00 bits per heavy atom. The van der Waals surface area contributed by atoms with Crippen molar-refractivity contribution in [3.63, 3.8) is 0 Å². The Bertz CT molecular complexity index is 424. The molecule has 0 saturated heterocycles. The summed E-state index contributed by atoms with van der Waals surface area (Å²) in [5.74, 6) is 1.98. The van der Waals surface area contributed by atoms with E-state index in [9.17, 15) is 0 Å². The molecule has 2 N–H and O–H groups in total. The third kappa shape index (κ3) is 1.98. The first kappa shape index (κ1) is 11.9. The van der Waals surface area contributed by atoms with E-state index in [0.29, 0.717) is 6.04 Å². The van der Waals surface area contributed by atoms with Crippen LogP contribution in [-0.2, 0) is 13.5 Å². The van der Waals surface area contributed by atoms with Gasteiger partial charge in [-0.15, -0.1) is 0 Å². The average molecular weight is 248 g/mol. The van der Waals surface area contributed by atoms with Gasteiger partial charge in [-0.05, 0) is 25.2 Å². The lowest BCUT2D eigenvalue weighted by atomic mass is 9.85. The fourth-order valence-electron chi connectivity index (χ4n) is 3.39. The predicted octanol–water partition coefficient (Wildman–Crippen LogP) is 2.77. The standard InChI is InChI=1S/C14H24N4/c1-3-6-12-13-14(18(2)17-12)16-11-8-5-4-7-10(11)9-15-13/h10-11,15-16H,3-9H2,1-2H3. The van der Waals surface area contributed by atoms with E-state index in [1.54, 1.807) is 0 Å². The molecule has 1 aliphatic heterocycles. The minimum atomic E-state index is 0.636. The van der Waals surface area contributed by atoms with Crippen LogP contribution in [0.2, 0.25) is 0 Å². The molecule has 3 rings (SSSR count). The van der Waals surface area contributed by atoms with E-state index < -0.39 is 0 Å². The summed E-state index contributed by atoms with van der Waals surface area (Å²) < 4.78 is 2.02. The lowest BCUT2D eigenvalue weighted by Crippen LogP contribution is -2.34. The highest BCUT2D eigenvalue weighted by molar-refractivity contribution is 5.69. The number of nitrogens with zero attached hydrogens (tertiary/aromatic N) is 2. The van der Waals surface area contributed by atoms with Crippen LogP contribution in [0.15, 0.2) is 0 Å². The highest BCUT2D eigenvalue weighted by atomic mass is 15.3. The summed E-state index contributed by atoms with van der Waals surface area (Å²) in [6.07, 6.45) is 7.63. The molecule has 0 amide bonds. The van der Waals surface area contributed by atoms with Crippen LogP contribution in [0.3, 0.4) is 0 Å².